The first-order valence-corrected chi connectivity index (χ1v) is 9.84. The summed E-state index contributed by atoms with van der Waals surface area (Å²) < 4.78 is 5.44. The van der Waals surface area contributed by atoms with Gasteiger partial charge < -0.3 is 10.1 Å². The van der Waals surface area contributed by atoms with Crippen molar-refractivity contribution in [3.63, 3.8) is 0 Å². The highest BCUT2D eigenvalue weighted by Gasteiger charge is 2.31. The molecule has 2 amide bonds. The van der Waals surface area contributed by atoms with Gasteiger partial charge in [-0.1, -0.05) is 6.07 Å². The number of hydrogen-bond acceptors (Lipinski definition) is 5. The van der Waals surface area contributed by atoms with Crippen molar-refractivity contribution in [1.29, 1.82) is 5.26 Å². The van der Waals surface area contributed by atoms with Crippen LogP contribution in [0.4, 0.5) is 10.5 Å². The molecule has 1 aromatic carbocycles. The van der Waals surface area contributed by atoms with E-state index in [4.69, 9.17) is 15.0 Å². The number of benzene rings is 1. The fourth-order valence-electron chi connectivity index (χ4n) is 3.37. The molecule has 4 rings (SSSR count). The van der Waals surface area contributed by atoms with Gasteiger partial charge in [0.05, 0.1) is 34.7 Å². The average molecular weight is 390 g/mol. The van der Waals surface area contributed by atoms with Crippen LogP contribution in [0, 0.1) is 11.3 Å². The molecule has 0 spiro atoms. The number of nitriles is 1. The number of ether oxygens (including phenoxy) is 1. The van der Waals surface area contributed by atoms with Crippen LogP contribution >= 0.6 is 0 Å². The molecule has 2 heterocycles. The fraction of sp³-hybridized carbons (Fsp3) is 0.364. The van der Waals surface area contributed by atoms with Crippen LogP contribution in [-0.2, 0) is 11.2 Å². The van der Waals surface area contributed by atoms with E-state index < -0.39 is 0 Å². The molecule has 0 bridgehead atoms. The van der Waals surface area contributed by atoms with Crippen molar-refractivity contribution in [2.45, 2.75) is 44.8 Å². The third-order valence-corrected chi connectivity index (χ3v) is 5.12. The van der Waals surface area contributed by atoms with Gasteiger partial charge in [0.2, 0.25) is 0 Å². The Bertz CT molecular complexity index is 994. The number of pyridine rings is 1. The zero-order chi connectivity index (χ0) is 20.4. The molecule has 0 saturated heterocycles. The van der Waals surface area contributed by atoms with E-state index in [1.165, 1.54) is 0 Å². The van der Waals surface area contributed by atoms with E-state index in [0.717, 1.165) is 42.8 Å². The quantitative estimate of drug-likeness (QED) is 0.862. The van der Waals surface area contributed by atoms with E-state index in [2.05, 4.69) is 5.32 Å². The Hall–Kier alpha value is -3.40. The van der Waals surface area contributed by atoms with Gasteiger partial charge in [0.1, 0.15) is 6.10 Å². The number of rotatable bonds is 4. The second-order valence-electron chi connectivity index (χ2n) is 7.43. The molecule has 0 radical (unpaired) electrons. The fourth-order valence-corrected chi connectivity index (χ4v) is 3.37. The minimum absolute atomic E-state index is 0.0647. The standard InChI is InChI=1S/C22H22N4O3/c1-14(24-21(27)16-5-2-4-15(12-16)13-23)18-9-10-20-19(25-18)6-3-11-26(20)22(28)29-17-7-8-17/h2,4-5,9-10,12,14,17H,3,6-8,11H2,1H3,(H,24,27). The normalized spacial score (nSPS) is 16.3. The van der Waals surface area contributed by atoms with Crippen molar-refractivity contribution in [1.82, 2.24) is 10.3 Å². The Morgan fingerprint density at radius 2 is 2.14 bits per heavy atom. The van der Waals surface area contributed by atoms with E-state index in [1.54, 1.807) is 29.2 Å². The van der Waals surface area contributed by atoms with Crippen LogP contribution in [-0.4, -0.2) is 29.6 Å². The summed E-state index contributed by atoms with van der Waals surface area (Å²) in [6.07, 6.45) is 3.25. The predicted octanol–water partition coefficient (Wildman–Crippen LogP) is 3.50. The molecule has 1 fully saturated rings. The first-order valence-electron chi connectivity index (χ1n) is 9.84. The summed E-state index contributed by atoms with van der Waals surface area (Å²) in [5.41, 5.74) is 3.23. The molecule has 1 aromatic heterocycles. The summed E-state index contributed by atoms with van der Waals surface area (Å²) in [4.78, 5) is 31.3. The number of fused-ring (bicyclic) bond motifs is 1. The Kier molecular flexibility index (Phi) is 5.17. The first-order chi connectivity index (χ1) is 14.0. The van der Waals surface area contributed by atoms with Crippen LogP contribution in [0.5, 0.6) is 0 Å². The highest BCUT2D eigenvalue weighted by atomic mass is 16.6. The maximum Gasteiger partial charge on any atom is 0.414 e. The molecular formula is C22H22N4O3. The molecule has 2 aliphatic rings. The van der Waals surface area contributed by atoms with Gasteiger partial charge in [-0.05, 0) is 62.9 Å². The molecule has 2 aromatic rings. The van der Waals surface area contributed by atoms with E-state index in [0.29, 0.717) is 17.7 Å². The average Bonchev–Trinajstić information content (AvgIpc) is 3.56. The third-order valence-electron chi connectivity index (χ3n) is 5.12. The predicted molar refractivity (Wildman–Crippen MR) is 106 cm³/mol. The minimum Gasteiger partial charge on any atom is -0.446 e. The maximum absolute atomic E-state index is 12.5. The highest BCUT2D eigenvalue weighted by Crippen LogP contribution is 2.30. The number of nitrogens with zero attached hydrogens (tertiary/aromatic N) is 3. The van der Waals surface area contributed by atoms with Crippen LogP contribution in [0.1, 0.15) is 59.5 Å². The lowest BCUT2D eigenvalue weighted by atomic mass is 10.1. The Morgan fingerprint density at radius 1 is 1.31 bits per heavy atom. The molecule has 1 N–H and O–H groups in total. The number of nitrogens with one attached hydrogen (secondary N) is 1. The van der Waals surface area contributed by atoms with Crippen molar-refractivity contribution in [2.75, 3.05) is 11.4 Å². The van der Waals surface area contributed by atoms with Gasteiger partial charge in [-0.25, -0.2) is 4.79 Å². The summed E-state index contributed by atoms with van der Waals surface area (Å²) >= 11 is 0. The lowest BCUT2D eigenvalue weighted by Gasteiger charge is -2.29. The topological polar surface area (TPSA) is 95.3 Å². The van der Waals surface area contributed by atoms with Gasteiger partial charge >= 0.3 is 6.09 Å². The van der Waals surface area contributed by atoms with Crippen molar-refractivity contribution >= 4 is 17.7 Å². The first kappa shape index (κ1) is 18.9. The number of amides is 2. The number of hydrogen-bond donors (Lipinski definition) is 1. The number of aryl methyl sites for hydroxylation is 1. The third kappa shape index (κ3) is 4.21. The zero-order valence-corrected chi connectivity index (χ0v) is 16.2. The Morgan fingerprint density at radius 3 is 2.90 bits per heavy atom. The summed E-state index contributed by atoms with van der Waals surface area (Å²) in [7, 11) is 0. The number of aromatic nitrogens is 1. The van der Waals surface area contributed by atoms with Crippen molar-refractivity contribution < 1.29 is 14.3 Å². The molecule has 1 unspecified atom stereocenters. The number of carbonyl (C=O) groups is 2. The lowest BCUT2D eigenvalue weighted by Crippen LogP contribution is -2.37. The lowest BCUT2D eigenvalue weighted by molar-refractivity contribution is 0.0939. The zero-order valence-electron chi connectivity index (χ0n) is 16.2. The summed E-state index contributed by atoms with van der Waals surface area (Å²) in [6.45, 7) is 2.49. The van der Waals surface area contributed by atoms with Crippen molar-refractivity contribution in [3.05, 3.63) is 58.9 Å². The van der Waals surface area contributed by atoms with Crippen LogP contribution < -0.4 is 10.2 Å². The SMILES string of the molecule is CC(NC(=O)c1cccc(C#N)c1)c1ccc2c(n1)CCCN2C(=O)OC1CC1. The second-order valence-corrected chi connectivity index (χ2v) is 7.43. The maximum atomic E-state index is 12.5. The molecule has 1 aliphatic heterocycles. The highest BCUT2D eigenvalue weighted by molar-refractivity contribution is 5.94. The molecule has 7 heteroatoms. The minimum atomic E-state index is -0.313. The summed E-state index contributed by atoms with van der Waals surface area (Å²) in [5, 5.41) is 11.9. The summed E-state index contributed by atoms with van der Waals surface area (Å²) in [5.74, 6) is -0.260. The van der Waals surface area contributed by atoms with Gasteiger partial charge in [-0.2, -0.15) is 5.26 Å². The van der Waals surface area contributed by atoms with Gasteiger partial charge in [0, 0.05) is 12.1 Å². The Balaban J connectivity index is 1.48. The van der Waals surface area contributed by atoms with Crippen LogP contribution in [0.15, 0.2) is 36.4 Å². The molecule has 1 saturated carbocycles. The van der Waals surface area contributed by atoms with Crippen LogP contribution in [0.2, 0.25) is 0 Å². The molecule has 1 atom stereocenters. The van der Waals surface area contributed by atoms with E-state index >= 15 is 0 Å². The molecule has 148 valence electrons. The molecule has 7 nitrogen and oxygen atoms in total. The van der Waals surface area contributed by atoms with E-state index in [9.17, 15) is 9.59 Å². The van der Waals surface area contributed by atoms with Crippen LogP contribution in [0.25, 0.3) is 0 Å². The monoisotopic (exact) mass is 390 g/mol. The summed E-state index contributed by atoms with van der Waals surface area (Å²) in [6, 6.07) is 12.0. The molecule has 29 heavy (non-hydrogen) atoms. The van der Waals surface area contributed by atoms with Crippen molar-refractivity contribution in [2.24, 2.45) is 0 Å². The van der Waals surface area contributed by atoms with Gasteiger partial charge in [-0.15, -0.1) is 0 Å². The molecular weight excluding hydrogens is 368 g/mol. The largest absolute Gasteiger partial charge is 0.446 e. The Labute approximate surface area is 169 Å². The smallest absolute Gasteiger partial charge is 0.414 e. The van der Waals surface area contributed by atoms with Gasteiger partial charge in [0.15, 0.2) is 0 Å². The van der Waals surface area contributed by atoms with Gasteiger partial charge in [0.25, 0.3) is 5.91 Å². The number of carbonyl (C=O) groups excluding carboxylic acids is 2. The number of anilines is 1. The van der Waals surface area contributed by atoms with E-state index in [1.807, 2.05) is 25.1 Å². The van der Waals surface area contributed by atoms with Gasteiger partial charge in [-0.3, -0.25) is 14.7 Å². The van der Waals surface area contributed by atoms with E-state index in [-0.39, 0.29) is 24.1 Å². The van der Waals surface area contributed by atoms with Crippen molar-refractivity contribution in [3.8, 4) is 6.07 Å². The molecule has 1 aliphatic carbocycles. The van der Waals surface area contributed by atoms with Crippen LogP contribution in [0.3, 0.4) is 0 Å². The second kappa shape index (κ2) is 7.92.